The fourth-order valence-corrected chi connectivity index (χ4v) is 1.88. The van der Waals surface area contributed by atoms with Crippen LogP contribution in [-0.2, 0) is 6.42 Å². The number of pyridine rings is 1. The van der Waals surface area contributed by atoms with Crippen molar-refractivity contribution in [2.45, 2.75) is 26.2 Å². The van der Waals surface area contributed by atoms with E-state index in [4.69, 9.17) is 4.52 Å². The van der Waals surface area contributed by atoms with Crippen LogP contribution in [0.4, 0.5) is 6.01 Å². The summed E-state index contributed by atoms with van der Waals surface area (Å²) < 4.78 is 7.09. The monoisotopic (exact) mass is 272 g/mol. The van der Waals surface area contributed by atoms with Crippen molar-refractivity contribution in [1.82, 2.24) is 24.7 Å². The van der Waals surface area contributed by atoms with Crippen LogP contribution in [0.15, 0.2) is 28.9 Å². The van der Waals surface area contributed by atoms with Gasteiger partial charge < -0.3 is 9.84 Å². The Hall–Kier alpha value is -2.44. The first-order valence-corrected chi connectivity index (χ1v) is 6.60. The minimum absolute atomic E-state index is 0.259. The van der Waals surface area contributed by atoms with Crippen molar-refractivity contribution in [2.75, 3.05) is 11.9 Å². The van der Waals surface area contributed by atoms with Gasteiger partial charge in [0.15, 0.2) is 11.5 Å². The van der Waals surface area contributed by atoms with Gasteiger partial charge in [0.05, 0.1) is 0 Å². The van der Waals surface area contributed by atoms with E-state index in [1.165, 1.54) is 0 Å². The van der Waals surface area contributed by atoms with E-state index < -0.39 is 0 Å². The molecule has 0 radical (unpaired) electrons. The molecule has 0 saturated heterocycles. The lowest BCUT2D eigenvalue weighted by Crippen LogP contribution is -2.08. The molecule has 7 nitrogen and oxygen atoms in total. The molecule has 0 saturated carbocycles. The first kappa shape index (κ1) is 12.6. The van der Waals surface area contributed by atoms with E-state index >= 15 is 0 Å². The van der Waals surface area contributed by atoms with Crippen LogP contribution in [0.3, 0.4) is 0 Å². The normalized spacial score (nSPS) is 11.3. The van der Waals surface area contributed by atoms with Crippen LogP contribution >= 0.6 is 0 Å². The summed E-state index contributed by atoms with van der Waals surface area (Å²) in [4.78, 5) is 4.26. The molecule has 3 aromatic rings. The second-order valence-corrected chi connectivity index (χ2v) is 4.83. The van der Waals surface area contributed by atoms with Crippen LogP contribution < -0.4 is 5.32 Å². The lowest BCUT2D eigenvalue weighted by atomic mass is 10.2. The van der Waals surface area contributed by atoms with Crippen molar-refractivity contribution in [3.63, 3.8) is 0 Å². The fraction of sp³-hybridized carbons (Fsp3) is 0.385. The van der Waals surface area contributed by atoms with Crippen LogP contribution in [0, 0.1) is 0 Å². The predicted octanol–water partition coefficient (Wildman–Crippen LogP) is 1.89. The summed E-state index contributed by atoms with van der Waals surface area (Å²) in [5, 5.41) is 15.3. The molecule has 104 valence electrons. The number of hydrogen-bond acceptors (Lipinski definition) is 6. The highest BCUT2D eigenvalue weighted by molar-refractivity contribution is 5.37. The molecule has 1 N–H and O–H groups in total. The summed E-state index contributed by atoms with van der Waals surface area (Å²) in [7, 11) is 0. The van der Waals surface area contributed by atoms with Crippen molar-refractivity contribution in [3.8, 4) is 0 Å². The highest BCUT2D eigenvalue weighted by atomic mass is 16.5. The van der Waals surface area contributed by atoms with Gasteiger partial charge in [0.25, 0.3) is 0 Å². The number of hydrogen-bond donors (Lipinski definition) is 1. The Kier molecular flexibility index (Phi) is 3.32. The number of anilines is 1. The third-order valence-electron chi connectivity index (χ3n) is 2.97. The van der Waals surface area contributed by atoms with Crippen molar-refractivity contribution >= 4 is 11.7 Å². The van der Waals surface area contributed by atoms with Gasteiger partial charge in [0.1, 0.15) is 5.82 Å². The summed E-state index contributed by atoms with van der Waals surface area (Å²) >= 11 is 0. The van der Waals surface area contributed by atoms with E-state index in [0.717, 1.165) is 17.9 Å². The second-order valence-electron chi connectivity index (χ2n) is 4.83. The highest BCUT2D eigenvalue weighted by Crippen LogP contribution is 2.12. The minimum Gasteiger partial charge on any atom is -0.337 e. The number of fused-ring (bicyclic) bond motifs is 1. The summed E-state index contributed by atoms with van der Waals surface area (Å²) in [6, 6.07) is 6.28. The lowest BCUT2D eigenvalue weighted by molar-refractivity contribution is 0.419. The van der Waals surface area contributed by atoms with Crippen LogP contribution in [0.5, 0.6) is 0 Å². The maximum atomic E-state index is 5.12. The SMILES string of the molecule is CC(C)c1noc(NCCc2nnc3ccccn23)n1. The standard InChI is InChI=1S/C13H16N6O/c1-9(2)12-15-13(20-18-12)14-7-6-11-17-16-10-5-3-4-8-19(10)11/h3-5,8-9H,6-7H2,1-2H3,(H,14,15,18). The topological polar surface area (TPSA) is 81.1 Å². The van der Waals surface area contributed by atoms with Gasteiger partial charge in [-0.1, -0.05) is 25.1 Å². The van der Waals surface area contributed by atoms with Gasteiger partial charge in [-0.3, -0.25) is 4.40 Å². The second kappa shape index (κ2) is 5.28. The van der Waals surface area contributed by atoms with Gasteiger partial charge in [-0.15, -0.1) is 10.2 Å². The zero-order valence-corrected chi connectivity index (χ0v) is 11.4. The molecule has 0 spiro atoms. The molecule has 3 rings (SSSR count). The van der Waals surface area contributed by atoms with Crippen LogP contribution in [0.2, 0.25) is 0 Å². The molecule has 0 aliphatic carbocycles. The molecular weight excluding hydrogens is 256 g/mol. The molecule has 3 heterocycles. The van der Waals surface area contributed by atoms with Gasteiger partial charge in [-0.2, -0.15) is 4.98 Å². The van der Waals surface area contributed by atoms with E-state index in [2.05, 4.69) is 25.7 Å². The lowest BCUT2D eigenvalue weighted by Gasteiger charge is -2.00. The maximum absolute atomic E-state index is 5.12. The average Bonchev–Trinajstić information content (AvgIpc) is 3.06. The molecular formula is C13H16N6O. The van der Waals surface area contributed by atoms with Gasteiger partial charge in [-0.05, 0) is 12.1 Å². The Morgan fingerprint density at radius 1 is 1.30 bits per heavy atom. The van der Waals surface area contributed by atoms with E-state index in [9.17, 15) is 0 Å². The van der Waals surface area contributed by atoms with Crippen molar-refractivity contribution in [1.29, 1.82) is 0 Å². The zero-order valence-electron chi connectivity index (χ0n) is 11.4. The first-order valence-electron chi connectivity index (χ1n) is 6.60. The molecule has 0 bridgehead atoms. The van der Waals surface area contributed by atoms with Crippen molar-refractivity contribution in [2.24, 2.45) is 0 Å². The van der Waals surface area contributed by atoms with Gasteiger partial charge in [0.2, 0.25) is 0 Å². The Bertz CT molecular complexity index is 702. The van der Waals surface area contributed by atoms with Crippen molar-refractivity contribution < 1.29 is 4.52 Å². The third-order valence-corrected chi connectivity index (χ3v) is 2.97. The summed E-state index contributed by atoms with van der Waals surface area (Å²) in [6.07, 6.45) is 2.68. The molecule has 0 atom stereocenters. The molecule has 0 aliphatic rings. The number of nitrogens with zero attached hydrogens (tertiary/aromatic N) is 5. The molecule has 0 amide bonds. The first-order chi connectivity index (χ1) is 9.74. The van der Waals surface area contributed by atoms with Gasteiger partial charge in [-0.25, -0.2) is 0 Å². The Labute approximate surface area is 116 Å². The molecule has 0 aliphatic heterocycles. The molecule has 0 unspecified atom stereocenters. The van der Waals surface area contributed by atoms with Crippen LogP contribution in [0.1, 0.15) is 31.4 Å². The van der Waals surface area contributed by atoms with E-state index in [-0.39, 0.29) is 5.92 Å². The van der Waals surface area contributed by atoms with Gasteiger partial charge in [0, 0.05) is 25.1 Å². The Morgan fingerprint density at radius 3 is 3.00 bits per heavy atom. The summed E-state index contributed by atoms with van der Waals surface area (Å²) in [5.41, 5.74) is 0.849. The third kappa shape index (κ3) is 2.47. The summed E-state index contributed by atoms with van der Waals surface area (Å²) in [5.74, 6) is 1.87. The fourth-order valence-electron chi connectivity index (χ4n) is 1.88. The largest absolute Gasteiger partial charge is 0.337 e. The van der Waals surface area contributed by atoms with E-state index in [1.807, 2.05) is 42.6 Å². The number of nitrogens with one attached hydrogen (secondary N) is 1. The minimum atomic E-state index is 0.259. The van der Waals surface area contributed by atoms with Crippen LogP contribution in [-0.4, -0.2) is 31.3 Å². The van der Waals surface area contributed by atoms with Crippen LogP contribution in [0.25, 0.3) is 5.65 Å². The molecule has 0 aromatic carbocycles. The number of rotatable bonds is 5. The Morgan fingerprint density at radius 2 is 2.20 bits per heavy atom. The number of aromatic nitrogens is 5. The summed E-state index contributed by atoms with van der Waals surface area (Å²) in [6.45, 7) is 4.71. The average molecular weight is 272 g/mol. The maximum Gasteiger partial charge on any atom is 0.321 e. The highest BCUT2D eigenvalue weighted by Gasteiger charge is 2.09. The molecule has 20 heavy (non-hydrogen) atoms. The predicted molar refractivity (Wildman–Crippen MR) is 73.6 cm³/mol. The smallest absolute Gasteiger partial charge is 0.321 e. The zero-order chi connectivity index (χ0) is 13.9. The molecule has 0 fully saturated rings. The van der Waals surface area contributed by atoms with Crippen molar-refractivity contribution in [3.05, 3.63) is 36.0 Å². The Balaban J connectivity index is 1.62. The van der Waals surface area contributed by atoms with E-state index in [0.29, 0.717) is 18.4 Å². The van der Waals surface area contributed by atoms with Gasteiger partial charge >= 0.3 is 6.01 Å². The molecule has 7 heteroatoms. The molecule has 3 aromatic heterocycles. The van der Waals surface area contributed by atoms with E-state index in [1.54, 1.807) is 0 Å². The quantitative estimate of drug-likeness (QED) is 0.764.